The van der Waals surface area contributed by atoms with E-state index in [-0.39, 0.29) is 5.91 Å². The van der Waals surface area contributed by atoms with Crippen LogP contribution in [0, 0.1) is 0 Å². The zero-order valence-electron chi connectivity index (χ0n) is 14.7. The number of ether oxygens (including phenoxy) is 2. The molecule has 0 unspecified atom stereocenters. The fourth-order valence-corrected chi connectivity index (χ4v) is 4.48. The summed E-state index contributed by atoms with van der Waals surface area (Å²) in [7, 11) is 0. The van der Waals surface area contributed by atoms with Crippen molar-refractivity contribution in [3.8, 4) is 11.5 Å². The zero-order valence-corrected chi connectivity index (χ0v) is 15.6. The van der Waals surface area contributed by atoms with Gasteiger partial charge in [0, 0.05) is 24.3 Å². The van der Waals surface area contributed by atoms with Crippen LogP contribution in [-0.4, -0.2) is 37.2 Å². The molecule has 0 radical (unpaired) electrons. The number of rotatable bonds is 3. The third kappa shape index (κ3) is 3.19. The van der Waals surface area contributed by atoms with Gasteiger partial charge in [0.05, 0.1) is 10.2 Å². The van der Waals surface area contributed by atoms with Gasteiger partial charge in [-0.05, 0) is 49.2 Å². The molecule has 27 heavy (non-hydrogen) atoms. The minimum atomic E-state index is -0.171. The molecule has 3 aromatic rings. The van der Waals surface area contributed by atoms with E-state index in [0.717, 1.165) is 34.1 Å². The molecule has 138 valence electrons. The van der Waals surface area contributed by atoms with Crippen molar-refractivity contribution in [3.05, 3.63) is 42.0 Å². The van der Waals surface area contributed by atoms with E-state index < -0.39 is 0 Å². The molecule has 1 fully saturated rings. The van der Waals surface area contributed by atoms with Gasteiger partial charge in [-0.25, -0.2) is 4.98 Å². The summed E-state index contributed by atoms with van der Waals surface area (Å²) in [5, 5.41) is 4.03. The molecule has 0 spiro atoms. The average molecular weight is 381 g/mol. The minimum absolute atomic E-state index is 0.171. The highest BCUT2D eigenvalue weighted by atomic mass is 32.1. The van der Waals surface area contributed by atoms with Crippen molar-refractivity contribution >= 4 is 38.3 Å². The summed E-state index contributed by atoms with van der Waals surface area (Å²) in [6.07, 6.45) is 2.46. The van der Waals surface area contributed by atoms with Crippen LogP contribution in [0.3, 0.4) is 0 Å². The molecule has 0 saturated carbocycles. The Balaban J connectivity index is 1.36. The minimum Gasteiger partial charge on any atom is -0.486 e. The number of hydrogen-bond acceptors (Lipinski definition) is 6. The summed E-state index contributed by atoms with van der Waals surface area (Å²) >= 11 is 1.68. The predicted octanol–water partition coefficient (Wildman–Crippen LogP) is 3.92. The van der Waals surface area contributed by atoms with E-state index in [1.165, 1.54) is 12.8 Å². The van der Waals surface area contributed by atoms with Gasteiger partial charge in [0.15, 0.2) is 16.6 Å². The summed E-state index contributed by atoms with van der Waals surface area (Å²) in [6, 6.07) is 11.1. The van der Waals surface area contributed by atoms with E-state index in [4.69, 9.17) is 14.5 Å². The van der Waals surface area contributed by atoms with Crippen molar-refractivity contribution in [2.45, 2.75) is 12.8 Å². The van der Waals surface area contributed by atoms with E-state index in [0.29, 0.717) is 30.3 Å². The molecule has 7 heteroatoms. The van der Waals surface area contributed by atoms with Crippen LogP contribution in [0.1, 0.15) is 23.2 Å². The fraction of sp³-hybridized carbons (Fsp3) is 0.300. The van der Waals surface area contributed by atoms with Crippen molar-refractivity contribution in [2.24, 2.45) is 0 Å². The van der Waals surface area contributed by atoms with Crippen LogP contribution in [0.2, 0.25) is 0 Å². The van der Waals surface area contributed by atoms with E-state index in [2.05, 4.69) is 10.2 Å². The number of carbonyl (C=O) groups excluding carboxylic acids is 1. The number of nitrogens with zero attached hydrogens (tertiary/aromatic N) is 2. The normalized spacial score (nSPS) is 15.9. The van der Waals surface area contributed by atoms with Crippen LogP contribution in [0.25, 0.3) is 10.2 Å². The second kappa shape index (κ2) is 6.74. The van der Waals surface area contributed by atoms with E-state index in [1.807, 2.05) is 18.2 Å². The SMILES string of the molecule is O=C(Nc1ccc2nc(N3CCCC3)sc2c1)c1ccc2c(c1)OCCO2. The van der Waals surface area contributed by atoms with Gasteiger partial charge in [-0.1, -0.05) is 11.3 Å². The lowest BCUT2D eigenvalue weighted by Crippen LogP contribution is -2.17. The van der Waals surface area contributed by atoms with Crippen molar-refractivity contribution in [2.75, 3.05) is 36.5 Å². The first kappa shape index (κ1) is 16.4. The molecule has 0 aliphatic carbocycles. The van der Waals surface area contributed by atoms with E-state index in [1.54, 1.807) is 29.5 Å². The van der Waals surface area contributed by atoms with Gasteiger partial charge in [0.2, 0.25) is 0 Å². The van der Waals surface area contributed by atoms with Crippen molar-refractivity contribution < 1.29 is 14.3 Å². The summed E-state index contributed by atoms with van der Waals surface area (Å²) in [6.45, 7) is 3.19. The molecular weight excluding hydrogens is 362 g/mol. The van der Waals surface area contributed by atoms with Crippen LogP contribution >= 0.6 is 11.3 Å². The Morgan fingerprint density at radius 2 is 1.85 bits per heavy atom. The molecule has 2 aromatic carbocycles. The molecule has 1 amide bonds. The first-order valence-electron chi connectivity index (χ1n) is 9.13. The second-order valence-electron chi connectivity index (χ2n) is 6.69. The zero-order chi connectivity index (χ0) is 18.2. The van der Waals surface area contributed by atoms with Gasteiger partial charge in [0.1, 0.15) is 13.2 Å². The van der Waals surface area contributed by atoms with Gasteiger partial charge in [-0.15, -0.1) is 0 Å². The number of nitrogens with one attached hydrogen (secondary N) is 1. The molecular formula is C20H19N3O3S. The van der Waals surface area contributed by atoms with Gasteiger partial charge in [-0.2, -0.15) is 0 Å². The Kier molecular flexibility index (Phi) is 4.09. The maximum absolute atomic E-state index is 12.6. The van der Waals surface area contributed by atoms with Crippen LogP contribution in [0.5, 0.6) is 11.5 Å². The number of amides is 1. The highest BCUT2D eigenvalue weighted by Gasteiger charge is 2.18. The van der Waals surface area contributed by atoms with Crippen molar-refractivity contribution in [3.63, 3.8) is 0 Å². The molecule has 0 bridgehead atoms. The summed E-state index contributed by atoms with van der Waals surface area (Å²) < 4.78 is 12.1. The monoisotopic (exact) mass is 381 g/mol. The van der Waals surface area contributed by atoms with Crippen LogP contribution in [-0.2, 0) is 0 Å². The lowest BCUT2D eigenvalue weighted by molar-refractivity contribution is 0.102. The molecule has 1 N–H and O–H groups in total. The van der Waals surface area contributed by atoms with Crippen molar-refractivity contribution in [1.82, 2.24) is 4.98 Å². The number of benzene rings is 2. The number of anilines is 2. The Hall–Kier alpha value is -2.80. The number of carbonyl (C=O) groups is 1. The summed E-state index contributed by atoms with van der Waals surface area (Å²) in [5.74, 6) is 1.12. The van der Waals surface area contributed by atoms with Gasteiger partial charge < -0.3 is 19.7 Å². The van der Waals surface area contributed by atoms with Gasteiger partial charge in [-0.3, -0.25) is 4.79 Å². The molecule has 5 rings (SSSR count). The smallest absolute Gasteiger partial charge is 0.255 e. The lowest BCUT2D eigenvalue weighted by atomic mass is 10.1. The Morgan fingerprint density at radius 3 is 2.70 bits per heavy atom. The topological polar surface area (TPSA) is 63.7 Å². The second-order valence-corrected chi connectivity index (χ2v) is 7.69. The number of fused-ring (bicyclic) bond motifs is 2. The Bertz CT molecular complexity index is 1010. The first-order chi connectivity index (χ1) is 13.3. The first-order valence-corrected chi connectivity index (χ1v) is 9.94. The standard InChI is InChI=1S/C20H19N3O3S/c24-19(13-3-6-16-17(11-13)26-10-9-25-16)21-14-4-5-15-18(12-14)27-20(22-15)23-7-1-2-8-23/h3-6,11-12H,1-2,7-10H2,(H,21,24). The largest absolute Gasteiger partial charge is 0.486 e. The summed E-state index contributed by atoms with van der Waals surface area (Å²) in [4.78, 5) is 19.7. The predicted molar refractivity (Wildman–Crippen MR) is 106 cm³/mol. The maximum atomic E-state index is 12.6. The molecule has 0 atom stereocenters. The molecule has 2 aliphatic heterocycles. The number of hydrogen-bond donors (Lipinski definition) is 1. The molecule has 1 saturated heterocycles. The quantitative estimate of drug-likeness (QED) is 0.745. The maximum Gasteiger partial charge on any atom is 0.255 e. The van der Waals surface area contributed by atoms with Crippen LogP contribution in [0.4, 0.5) is 10.8 Å². The third-order valence-corrected chi connectivity index (χ3v) is 5.89. The highest BCUT2D eigenvalue weighted by Crippen LogP contribution is 2.33. The van der Waals surface area contributed by atoms with Crippen LogP contribution < -0.4 is 19.7 Å². The number of aromatic nitrogens is 1. The lowest BCUT2D eigenvalue weighted by Gasteiger charge is -2.18. The van der Waals surface area contributed by atoms with E-state index >= 15 is 0 Å². The van der Waals surface area contributed by atoms with E-state index in [9.17, 15) is 4.79 Å². The summed E-state index contributed by atoms with van der Waals surface area (Å²) in [5.41, 5.74) is 2.28. The van der Waals surface area contributed by atoms with Gasteiger partial charge >= 0.3 is 0 Å². The average Bonchev–Trinajstić information content (AvgIpc) is 3.36. The fourth-order valence-electron chi connectivity index (χ4n) is 3.42. The molecule has 3 heterocycles. The van der Waals surface area contributed by atoms with Crippen LogP contribution in [0.15, 0.2) is 36.4 Å². The van der Waals surface area contributed by atoms with Gasteiger partial charge in [0.25, 0.3) is 5.91 Å². The van der Waals surface area contributed by atoms with Crippen molar-refractivity contribution in [1.29, 1.82) is 0 Å². The third-order valence-electron chi connectivity index (χ3n) is 4.82. The number of thiazole rings is 1. The highest BCUT2D eigenvalue weighted by molar-refractivity contribution is 7.22. The molecule has 1 aromatic heterocycles. The molecule has 6 nitrogen and oxygen atoms in total. The molecule has 2 aliphatic rings. The Morgan fingerprint density at radius 1 is 1.04 bits per heavy atom. The Labute approximate surface area is 160 Å².